The van der Waals surface area contributed by atoms with Gasteiger partial charge in [0.25, 0.3) is 0 Å². The van der Waals surface area contributed by atoms with E-state index in [2.05, 4.69) is 5.32 Å². The first-order valence-corrected chi connectivity index (χ1v) is 10.2. The molecule has 0 saturated carbocycles. The van der Waals surface area contributed by atoms with Gasteiger partial charge in [-0.2, -0.15) is 0 Å². The number of nitrogens with zero attached hydrogens (tertiary/aromatic N) is 2. The number of carbonyl (C=O) groups excluding carboxylic acids is 2. The summed E-state index contributed by atoms with van der Waals surface area (Å²) in [6, 6.07) is 15.9. The molecule has 2 aromatic rings. The van der Waals surface area contributed by atoms with Gasteiger partial charge in [0, 0.05) is 51.4 Å². The average Bonchev–Trinajstić information content (AvgIpc) is 2.67. The van der Waals surface area contributed by atoms with E-state index in [1.165, 1.54) is 0 Å². The zero-order valence-electron chi connectivity index (χ0n) is 18.2. The molecule has 0 aliphatic carbocycles. The minimum Gasteiger partial charge on any atom is -0.377 e. The number of benzene rings is 2. The highest BCUT2D eigenvalue weighted by Gasteiger charge is 2.17. The third-order valence-corrected chi connectivity index (χ3v) is 4.67. The predicted molar refractivity (Wildman–Crippen MR) is 120 cm³/mol. The summed E-state index contributed by atoms with van der Waals surface area (Å²) in [5.41, 5.74) is 3.91. The summed E-state index contributed by atoms with van der Waals surface area (Å²) in [6.45, 7) is 6.99. The molecule has 2 aromatic carbocycles. The molecule has 0 aliphatic rings. The second-order valence-electron chi connectivity index (χ2n) is 7.97. The number of anilines is 2. The van der Waals surface area contributed by atoms with Crippen LogP contribution < -0.4 is 10.2 Å². The van der Waals surface area contributed by atoms with Gasteiger partial charge in [-0.15, -0.1) is 0 Å². The Morgan fingerprint density at radius 3 is 2.28 bits per heavy atom. The van der Waals surface area contributed by atoms with Crippen LogP contribution in [0.2, 0.25) is 0 Å². The van der Waals surface area contributed by atoms with E-state index in [0.717, 1.165) is 22.5 Å². The van der Waals surface area contributed by atoms with Crippen LogP contribution in [0.4, 0.5) is 11.4 Å². The summed E-state index contributed by atoms with van der Waals surface area (Å²) in [6.07, 6.45) is 0.939. The molecule has 0 aliphatic heterocycles. The molecule has 29 heavy (non-hydrogen) atoms. The van der Waals surface area contributed by atoms with E-state index in [1.807, 2.05) is 93.2 Å². The van der Waals surface area contributed by atoms with E-state index in [1.54, 1.807) is 0 Å². The topological polar surface area (TPSA) is 52.7 Å². The lowest BCUT2D eigenvalue weighted by Crippen LogP contribution is -2.30. The lowest BCUT2D eigenvalue weighted by Gasteiger charge is -2.26. The number of hydrogen-bond acceptors (Lipinski definition) is 3. The Labute approximate surface area is 174 Å². The second-order valence-corrected chi connectivity index (χ2v) is 7.97. The quantitative estimate of drug-likeness (QED) is 0.671. The first kappa shape index (κ1) is 22.5. The second kappa shape index (κ2) is 10.6. The fourth-order valence-corrected chi connectivity index (χ4v) is 3.27. The molecular weight excluding hydrogens is 362 g/mol. The summed E-state index contributed by atoms with van der Waals surface area (Å²) >= 11 is 0. The van der Waals surface area contributed by atoms with E-state index >= 15 is 0 Å². The summed E-state index contributed by atoms with van der Waals surface area (Å²) in [4.78, 5) is 28.7. The van der Waals surface area contributed by atoms with Crippen molar-refractivity contribution in [3.05, 3.63) is 59.7 Å². The van der Waals surface area contributed by atoms with Gasteiger partial charge in [0.1, 0.15) is 0 Å². The Kier molecular flexibility index (Phi) is 8.25. The SMILES string of the molecule is CCC(=O)N(Cc1ccccc1)Cc1cc(NC(=O)CC(C)C)ccc1N(C)C. The maximum Gasteiger partial charge on any atom is 0.224 e. The lowest BCUT2D eigenvalue weighted by atomic mass is 10.1. The Balaban J connectivity index is 2.28. The number of carbonyl (C=O) groups is 2. The number of amides is 2. The van der Waals surface area contributed by atoms with Crippen LogP contribution in [0.25, 0.3) is 0 Å². The van der Waals surface area contributed by atoms with Gasteiger partial charge in [-0.25, -0.2) is 0 Å². The van der Waals surface area contributed by atoms with Gasteiger partial charge in [-0.3, -0.25) is 9.59 Å². The lowest BCUT2D eigenvalue weighted by molar-refractivity contribution is -0.132. The van der Waals surface area contributed by atoms with Crippen molar-refractivity contribution in [1.29, 1.82) is 0 Å². The highest BCUT2D eigenvalue weighted by atomic mass is 16.2. The zero-order valence-corrected chi connectivity index (χ0v) is 18.2. The highest BCUT2D eigenvalue weighted by molar-refractivity contribution is 5.91. The highest BCUT2D eigenvalue weighted by Crippen LogP contribution is 2.26. The Hall–Kier alpha value is -2.82. The Bertz CT molecular complexity index is 816. The van der Waals surface area contributed by atoms with Crippen LogP contribution in [0, 0.1) is 5.92 Å². The van der Waals surface area contributed by atoms with E-state index in [9.17, 15) is 9.59 Å². The van der Waals surface area contributed by atoms with Gasteiger partial charge in [0.05, 0.1) is 0 Å². The van der Waals surface area contributed by atoms with Crippen LogP contribution in [0.3, 0.4) is 0 Å². The van der Waals surface area contributed by atoms with Crippen molar-refractivity contribution in [2.75, 3.05) is 24.3 Å². The van der Waals surface area contributed by atoms with Crippen molar-refractivity contribution in [3.8, 4) is 0 Å². The fraction of sp³-hybridized carbons (Fsp3) is 0.417. The zero-order chi connectivity index (χ0) is 21.4. The van der Waals surface area contributed by atoms with Gasteiger partial charge < -0.3 is 15.1 Å². The van der Waals surface area contributed by atoms with Crippen molar-refractivity contribution in [3.63, 3.8) is 0 Å². The van der Waals surface area contributed by atoms with Crippen molar-refractivity contribution in [2.45, 2.75) is 46.7 Å². The van der Waals surface area contributed by atoms with Crippen LogP contribution in [-0.2, 0) is 22.7 Å². The first-order chi connectivity index (χ1) is 13.8. The molecule has 1 N–H and O–H groups in total. The van der Waals surface area contributed by atoms with Gasteiger partial charge in [-0.05, 0) is 35.2 Å². The molecule has 156 valence electrons. The molecule has 0 aromatic heterocycles. The van der Waals surface area contributed by atoms with Crippen LogP contribution in [0.15, 0.2) is 48.5 Å². The molecule has 0 atom stereocenters. The van der Waals surface area contributed by atoms with Crippen LogP contribution in [0.5, 0.6) is 0 Å². The monoisotopic (exact) mass is 395 g/mol. The maximum absolute atomic E-state index is 12.6. The fourth-order valence-electron chi connectivity index (χ4n) is 3.27. The van der Waals surface area contributed by atoms with Crippen molar-refractivity contribution in [1.82, 2.24) is 4.90 Å². The van der Waals surface area contributed by atoms with E-state index in [4.69, 9.17) is 0 Å². The van der Waals surface area contributed by atoms with Crippen molar-refractivity contribution < 1.29 is 9.59 Å². The molecule has 0 spiro atoms. The van der Waals surface area contributed by atoms with Gasteiger partial charge in [0.2, 0.25) is 11.8 Å². The predicted octanol–water partition coefficient (Wildman–Crippen LogP) is 4.68. The first-order valence-electron chi connectivity index (χ1n) is 10.2. The summed E-state index contributed by atoms with van der Waals surface area (Å²) in [5, 5.41) is 2.99. The average molecular weight is 396 g/mol. The maximum atomic E-state index is 12.6. The summed E-state index contributed by atoms with van der Waals surface area (Å²) < 4.78 is 0. The van der Waals surface area contributed by atoms with E-state index in [-0.39, 0.29) is 11.8 Å². The Morgan fingerprint density at radius 2 is 1.69 bits per heavy atom. The van der Waals surface area contributed by atoms with E-state index < -0.39 is 0 Å². The van der Waals surface area contributed by atoms with Crippen LogP contribution in [-0.4, -0.2) is 30.8 Å². The van der Waals surface area contributed by atoms with E-state index in [0.29, 0.717) is 31.8 Å². The third kappa shape index (κ3) is 6.93. The third-order valence-electron chi connectivity index (χ3n) is 4.67. The standard InChI is InChI=1S/C24H33N3O2/c1-6-24(29)27(16-19-10-8-7-9-11-19)17-20-15-21(12-13-22(20)26(4)5)25-23(28)14-18(2)3/h7-13,15,18H,6,14,16-17H2,1-5H3,(H,25,28). The summed E-state index contributed by atoms with van der Waals surface area (Å²) in [7, 11) is 3.97. The van der Waals surface area contributed by atoms with Crippen molar-refractivity contribution in [2.24, 2.45) is 5.92 Å². The molecule has 0 radical (unpaired) electrons. The minimum absolute atomic E-state index is 0.00864. The molecule has 0 saturated heterocycles. The normalized spacial score (nSPS) is 10.7. The largest absolute Gasteiger partial charge is 0.377 e. The van der Waals surface area contributed by atoms with Crippen LogP contribution >= 0.6 is 0 Å². The molecule has 0 unspecified atom stereocenters. The molecule has 0 bridgehead atoms. The minimum atomic E-state index is 0.00864. The van der Waals surface area contributed by atoms with Crippen molar-refractivity contribution >= 4 is 23.2 Å². The number of rotatable bonds is 9. The molecule has 0 heterocycles. The van der Waals surface area contributed by atoms with Gasteiger partial charge in [-0.1, -0.05) is 51.1 Å². The molecule has 5 nitrogen and oxygen atoms in total. The Morgan fingerprint density at radius 1 is 1.00 bits per heavy atom. The smallest absolute Gasteiger partial charge is 0.224 e. The molecule has 2 amide bonds. The molecule has 2 rings (SSSR count). The molecule has 5 heteroatoms. The number of hydrogen-bond donors (Lipinski definition) is 1. The molecular formula is C24H33N3O2. The number of nitrogens with one attached hydrogen (secondary N) is 1. The molecule has 0 fully saturated rings. The van der Waals surface area contributed by atoms with Gasteiger partial charge in [0.15, 0.2) is 0 Å². The van der Waals surface area contributed by atoms with Gasteiger partial charge >= 0.3 is 0 Å². The van der Waals surface area contributed by atoms with Crippen LogP contribution in [0.1, 0.15) is 44.7 Å². The summed E-state index contributed by atoms with van der Waals surface area (Å²) in [5.74, 6) is 0.418.